The molecule has 1 aromatic carbocycles. The van der Waals surface area contributed by atoms with Crippen LogP contribution in [0.3, 0.4) is 0 Å². The number of amides is 2. The van der Waals surface area contributed by atoms with E-state index >= 15 is 0 Å². The van der Waals surface area contributed by atoms with Crippen LogP contribution in [0.5, 0.6) is 0 Å². The van der Waals surface area contributed by atoms with Gasteiger partial charge in [0.1, 0.15) is 6.04 Å². The summed E-state index contributed by atoms with van der Waals surface area (Å²) in [6.07, 6.45) is 0.162. The zero-order chi connectivity index (χ0) is 12.1. The van der Waals surface area contributed by atoms with Gasteiger partial charge in [-0.1, -0.05) is 23.7 Å². The molecule has 1 rings (SSSR count). The van der Waals surface area contributed by atoms with Crippen molar-refractivity contribution in [3.05, 3.63) is 34.9 Å². The van der Waals surface area contributed by atoms with Crippen molar-refractivity contribution >= 4 is 23.6 Å². The summed E-state index contributed by atoms with van der Waals surface area (Å²) in [5, 5.41) is 11.6. The van der Waals surface area contributed by atoms with Crippen LogP contribution in [0.25, 0.3) is 0 Å². The molecule has 1 aromatic rings. The number of carbonyl (C=O) groups excluding carboxylic acids is 1. The van der Waals surface area contributed by atoms with Crippen LogP contribution in [0.4, 0.5) is 4.79 Å². The van der Waals surface area contributed by atoms with Gasteiger partial charge in [0.2, 0.25) is 0 Å². The van der Waals surface area contributed by atoms with E-state index < -0.39 is 18.0 Å². The zero-order valence-electron chi connectivity index (χ0n) is 8.31. The monoisotopic (exact) mass is 242 g/mol. The minimum Gasteiger partial charge on any atom is -0.480 e. The van der Waals surface area contributed by atoms with Gasteiger partial charge in [-0.05, 0) is 17.7 Å². The Morgan fingerprint density at radius 2 is 1.94 bits per heavy atom. The van der Waals surface area contributed by atoms with Crippen LogP contribution >= 0.6 is 11.6 Å². The molecule has 0 aliphatic heterocycles. The molecule has 16 heavy (non-hydrogen) atoms. The molecular formula is C10H11ClN2O3. The molecule has 1 unspecified atom stereocenters. The third-order valence-corrected chi connectivity index (χ3v) is 2.22. The lowest BCUT2D eigenvalue weighted by atomic mass is 10.1. The highest BCUT2D eigenvalue weighted by atomic mass is 35.5. The molecule has 6 heteroatoms. The molecule has 0 aliphatic rings. The van der Waals surface area contributed by atoms with Gasteiger partial charge in [-0.15, -0.1) is 0 Å². The summed E-state index contributed by atoms with van der Waals surface area (Å²) in [6, 6.07) is 4.81. The van der Waals surface area contributed by atoms with E-state index in [1.54, 1.807) is 24.3 Å². The molecule has 0 spiro atoms. The molecule has 0 bridgehead atoms. The average Bonchev–Trinajstić information content (AvgIpc) is 2.19. The van der Waals surface area contributed by atoms with Crippen LogP contribution in [-0.4, -0.2) is 23.1 Å². The molecule has 0 radical (unpaired) electrons. The number of halogens is 1. The van der Waals surface area contributed by atoms with Crippen LogP contribution in [-0.2, 0) is 11.2 Å². The number of carbonyl (C=O) groups is 2. The average molecular weight is 243 g/mol. The summed E-state index contributed by atoms with van der Waals surface area (Å²) in [5.74, 6) is -1.13. The highest BCUT2D eigenvalue weighted by molar-refractivity contribution is 6.30. The predicted molar refractivity (Wildman–Crippen MR) is 59.3 cm³/mol. The minimum absolute atomic E-state index is 0.162. The molecule has 4 N–H and O–H groups in total. The standard InChI is InChI=1S/C10H11ClN2O3/c11-7-3-1-6(2-4-7)5-8(9(14)15)13-10(12)16/h1-4,8H,5H2,(H,14,15)(H3,12,13,16). The largest absolute Gasteiger partial charge is 0.480 e. The molecule has 0 saturated carbocycles. The highest BCUT2D eigenvalue weighted by Crippen LogP contribution is 2.11. The first-order valence-corrected chi connectivity index (χ1v) is 4.90. The van der Waals surface area contributed by atoms with Crippen molar-refractivity contribution in [2.24, 2.45) is 5.73 Å². The van der Waals surface area contributed by atoms with Gasteiger partial charge in [-0.3, -0.25) is 0 Å². The summed E-state index contributed by atoms with van der Waals surface area (Å²) in [7, 11) is 0. The molecule has 0 heterocycles. The molecule has 0 aromatic heterocycles. The highest BCUT2D eigenvalue weighted by Gasteiger charge is 2.18. The van der Waals surface area contributed by atoms with Crippen LogP contribution in [0.1, 0.15) is 5.56 Å². The summed E-state index contributed by atoms with van der Waals surface area (Å²) >= 11 is 5.69. The lowest BCUT2D eigenvalue weighted by Crippen LogP contribution is -2.44. The molecule has 1 atom stereocenters. The predicted octanol–water partition coefficient (Wildman–Crippen LogP) is 1.00. The Labute approximate surface area is 97.2 Å². The third kappa shape index (κ3) is 3.78. The lowest BCUT2D eigenvalue weighted by Gasteiger charge is -2.12. The van der Waals surface area contributed by atoms with Gasteiger partial charge in [-0.2, -0.15) is 0 Å². The van der Waals surface area contributed by atoms with Crippen LogP contribution < -0.4 is 11.1 Å². The fourth-order valence-electron chi connectivity index (χ4n) is 1.23. The van der Waals surface area contributed by atoms with E-state index in [-0.39, 0.29) is 6.42 Å². The van der Waals surface area contributed by atoms with Crippen molar-refractivity contribution in [3.8, 4) is 0 Å². The fourth-order valence-corrected chi connectivity index (χ4v) is 1.35. The zero-order valence-corrected chi connectivity index (χ0v) is 9.07. The van der Waals surface area contributed by atoms with Crippen LogP contribution in [0.2, 0.25) is 5.02 Å². The molecule has 0 saturated heterocycles. The SMILES string of the molecule is NC(=O)NC(Cc1ccc(Cl)cc1)C(=O)O. The maximum atomic E-state index is 10.8. The van der Waals surface area contributed by atoms with Crippen LogP contribution in [0.15, 0.2) is 24.3 Å². The number of benzene rings is 1. The number of nitrogens with one attached hydrogen (secondary N) is 1. The second-order valence-electron chi connectivity index (χ2n) is 3.23. The summed E-state index contributed by atoms with van der Waals surface area (Å²) < 4.78 is 0. The first kappa shape index (κ1) is 12.3. The first-order valence-electron chi connectivity index (χ1n) is 4.52. The summed E-state index contributed by atoms with van der Waals surface area (Å²) in [5.41, 5.74) is 5.63. The van der Waals surface area contributed by atoms with Crippen molar-refractivity contribution in [3.63, 3.8) is 0 Å². The molecular weight excluding hydrogens is 232 g/mol. The second kappa shape index (κ2) is 5.37. The number of carboxylic acids is 1. The Morgan fingerprint density at radius 1 is 1.38 bits per heavy atom. The maximum Gasteiger partial charge on any atom is 0.326 e. The Morgan fingerprint density at radius 3 is 2.38 bits per heavy atom. The number of rotatable bonds is 4. The van der Waals surface area contributed by atoms with Crippen molar-refractivity contribution in [1.29, 1.82) is 0 Å². The van der Waals surface area contributed by atoms with Gasteiger partial charge in [-0.25, -0.2) is 9.59 Å². The van der Waals surface area contributed by atoms with Gasteiger partial charge in [0.15, 0.2) is 0 Å². The van der Waals surface area contributed by atoms with E-state index in [9.17, 15) is 9.59 Å². The van der Waals surface area contributed by atoms with Crippen molar-refractivity contribution in [2.45, 2.75) is 12.5 Å². The van der Waals surface area contributed by atoms with E-state index in [1.165, 1.54) is 0 Å². The number of carboxylic acid groups (broad SMARTS) is 1. The summed E-state index contributed by atoms with van der Waals surface area (Å²) in [6.45, 7) is 0. The Hall–Kier alpha value is -1.75. The normalized spacial score (nSPS) is 11.8. The van der Waals surface area contributed by atoms with Crippen molar-refractivity contribution in [1.82, 2.24) is 5.32 Å². The minimum atomic E-state index is -1.13. The molecule has 0 aliphatic carbocycles. The van der Waals surface area contributed by atoms with Gasteiger partial charge in [0.05, 0.1) is 0 Å². The van der Waals surface area contributed by atoms with Gasteiger partial charge >= 0.3 is 12.0 Å². The van der Waals surface area contributed by atoms with E-state index in [1.807, 2.05) is 0 Å². The maximum absolute atomic E-state index is 10.8. The molecule has 86 valence electrons. The Balaban J connectivity index is 2.71. The second-order valence-corrected chi connectivity index (χ2v) is 3.67. The van der Waals surface area contributed by atoms with Crippen LogP contribution in [0, 0.1) is 0 Å². The van der Waals surface area contributed by atoms with Crippen molar-refractivity contribution in [2.75, 3.05) is 0 Å². The topological polar surface area (TPSA) is 92.4 Å². The van der Waals surface area contributed by atoms with Gasteiger partial charge < -0.3 is 16.2 Å². The smallest absolute Gasteiger partial charge is 0.326 e. The first-order chi connectivity index (χ1) is 7.49. The number of primary amides is 1. The van der Waals surface area contributed by atoms with E-state index in [2.05, 4.69) is 5.32 Å². The lowest BCUT2D eigenvalue weighted by molar-refractivity contribution is -0.139. The Bertz CT molecular complexity index is 392. The number of hydrogen-bond acceptors (Lipinski definition) is 2. The van der Waals surface area contributed by atoms with Crippen molar-refractivity contribution < 1.29 is 14.7 Å². The molecule has 2 amide bonds. The molecule has 0 fully saturated rings. The number of urea groups is 1. The van der Waals surface area contributed by atoms with Gasteiger partial charge in [0, 0.05) is 11.4 Å². The van der Waals surface area contributed by atoms with E-state index in [4.69, 9.17) is 22.4 Å². The summed E-state index contributed by atoms with van der Waals surface area (Å²) in [4.78, 5) is 21.4. The van der Waals surface area contributed by atoms with Gasteiger partial charge in [0.25, 0.3) is 0 Å². The van der Waals surface area contributed by atoms with E-state index in [0.29, 0.717) is 5.02 Å². The number of hydrogen-bond donors (Lipinski definition) is 3. The number of aliphatic carboxylic acids is 1. The molecule has 5 nitrogen and oxygen atoms in total. The van der Waals surface area contributed by atoms with E-state index in [0.717, 1.165) is 5.56 Å². The fraction of sp³-hybridized carbons (Fsp3) is 0.200. The Kier molecular flexibility index (Phi) is 4.13. The number of nitrogens with two attached hydrogens (primary N) is 1. The third-order valence-electron chi connectivity index (χ3n) is 1.97. The quantitative estimate of drug-likeness (QED) is 0.736.